The number of nitrogens with two attached hydrogens (primary N) is 1. The Morgan fingerprint density at radius 1 is 1.69 bits per heavy atom. The minimum Gasteiger partial charge on any atom is -0.350 e. The lowest BCUT2D eigenvalue weighted by atomic mass is 10.2. The van der Waals surface area contributed by atoms with Crippen LogP contribution in [0.4, 0.5) is 4.79 Å². The van der Waals surface area contributed by atoms with E-state index < -0.39 is 6.03 Å². The number of hydrogen-bond donors (Lipinski definition) is 2. The monoisotopic (exact) mass is 240 g/mol. The van der Waals surface area contributed by atoms with E-state index in [2.05, 4.69) is 19.1 Å². The standard InChI is InChI=1S/C11H16N2O2S/c1-7-2-3-10(16-7)9-6-8(9)4-5-13(15)11(12)14/h2-3,8-9,15H,4-6H2,1H3,(H2,12,14). The molecular weight excluding hydrogens is 224 g/mol. The highest BCUT2D eigenvalue weighted by Crippen LogP contribution is 2.51. The van der Waals surface area contributed by atoms with Crippen molar-refractivity contribution in [3.05, 3.63) is 21.9 Å². The number of hydrogen-bond acceptors (Lipinski definition) is 3. The van der Waals surface area contributed by atoms with Gasteiger partial charge in [0, 0.05) is 9.75 Å². The fraction of sp³-hybridized carbons (Fsp3) is 0.545. The molecule has 1 aromatic rings. The summed E-state index contributed by atoms with van der Waals surface area (Å²) in [5, 5.41) is 9.72. The van der Waals surface area contributed by atoms with Crippen LogP contribution < -0.4 is 5.73 Å². The molecule has 2 atom stereocenters. The van der Waals surface area contributed by atoms with E-state index in [1.54, 1.807) is 0 Å². The fourth-order valence-corrected chi connectivity index (χ4v) is 3.05. The lowest BCUT2D eigenvalue weighted by Gasteiger charge is -2.10. The molecule has 4 nitrogen and oxygen atoms in total. The molecule has 16 heavy (non-hydrogen) atoms. The molecule has 0 spiro atoms. The first kappa shape index (κ1) is 11.4. The predicted molar refractivity (Wildman–Crippen MR) is 62.6 cm³/mol. The Labute approximate surface area is 98.6 Å². The molecule has 0 aromatic carbocycles. The largest absolute Gasteiger partial charge is 0.350 e. The van der Waals surface area contributed by atoms with Crippen molar-refractivity contribution in [2.45, 2.75) is 25.7 Å². The Balaban J connectivity index is 1.77. The molecule has 1 aliphatic rings. The molecule has 2 amide bonds. The zero-order valence-electron chi connectivity index (χ0n) is 9.22. The van der Waals surface area contributed by atoms with Crippen LogP contribution in [-0.2, 0) is 0 Å². The molecular formula is C11H16N2O2S. The topological polar surface area (TPSA) is 66.6 Å². The van der Waals surface area contributed by atoms with Gasteiger partial charge < -0.3 is 5.73 Å². The van der Waals surface area contributed by atoms with Crippen LogP contribution in [0.3, 0.4) is 0 Å². The maximum Gasteiger partial charge on any atom is 0.338 e. The summed E-state index contributed by atoms with van der Waals surface area (Å²) < 4.78 is 0. The quantitative estimate of drug-likeness (QED) is 0.626. The van der Waals surface area contributed by atoms with Crippen LogP contribution in [0.5, 0.6) is 0 Å². The Morgan fingerprint density at radius 2 is 2.44 bits per heavy atom. The average molecular weight is 240 g/mol. The maximum atomic E-state index is 10.6. The number of amides is 2. The van der Waals surface area contributed by atoms with E-state index in [0.717, 1.165) is 12.8 Å². The second kappa shape index (κ2) is 4.43. The minimum absolute atomic E-state index is 0.334. The van der Waals surface area contributed by atoms with Gasteiger partial charge in [-0.2, -0.15) is 0 Å². The van der Waals surface area contributed by atoms with Crippen molar-refractivity contribution in [3.63, 3.8) is 0 Å². The highest BCUT2D eigenvalue weighted by molar-refractivity contribution is 7.12. The molecule has 2 rings (SSSR count). The van der Waals surface area contributed by atoms with E-state index in [4.69, 9.17) is 10.9 Å². The molecule has 88 valence electrons. The highest BCUT2D eigenvalue weighted by atomic mass is 32.1. The van der Waals surface area contributed by atoms with Gasteiger partial charge in [0.05, 0.1) is 6.54 Å². The molecule has 2 unspecified atom stereocenters. The smallest absolute Gasteiger partial charge is 0.338 e. The summed E-state index contributed by atoms with van der Waals surface area (Å²) in [6, 6.07) is 3.54. The summed E-state index contributed by atoms with van der Waals surface area (Å²) >= 11 is 1.83. The van der Waals surface area contributed by atoms with Crippen LogP contribution in [0.25, 0.3) is 0 Å². The molecule has 3 N–H and O–H groups in total. The van der Waals surface area contributed by atoms with Crippen molar-refractivity contribution >= 4 is 17.4 Å². The third-order valence-electron chi connectivity index (χ3n) is 3.02. The van der Waals surface area contributed by atoms with Gasteiger partial charge in [0.1, 0.15) is 0 Å². The third kappa shape index (κ3) is 2.54. The van der Waals surface area contributed by atoms with Gasteiger partial charge in [-0.3, -0.25) is 5.21 Å². The van der Waals surface area contributed by atoms with Gasteiger partial charge in [-0.15, -0.1) is 11.3 Å². The third-order valence-corrected chi connectivity index (χ3v) is 4.15. The minimum atomic E-state index is -0.774. The second-order valence-electron chi connectivity index (χ2n) is 4.30. The van der Waals surface area contributed by atoms with Crippen LogP contribution in [-0.4, -0.2) is 22.8 Å². The van der Waals surface area contributed by atoms with Crippen molar-refractivity contribution in [3.8, 4) is 0 Å². The summed E-state index contributed by atoms with van der Waals surface area (Å²) in [5.74, 6) is 1.21. The van der Waals surface area contributed by atoms with Crippen molar-refractivity contribution in [2.24, 2.45) is 11.7 Å². The van der Waals surface area contributed by atoms with E-state index >= 15 is 0 Å². The first-order valence-corrected chi connectivity index (χ1v) is 6.21. The van der Waals surface area contributed by atoms with Crippen molar-refractivity contribution in [1.82, 2.24) is 5.06 Å². The van der Waals surface area contributed by atoms with E-state index in [9.17, 15) is 4.79 Å². The number of hydroxylamine groups is 2. The number of primary amides is 1. The van der Waals surface area contributed by atoms with Crippen molar-refractivity contribution in [1.29, 1.82) is 0 Å². The van der Waals surface area contributed by atoms with Gasteiger partial charge >= 0.3 is 6.03 Å². The number of aryl methyl sites for hydroxylation is 1. The first-order chi connectivity index (χ1) is 7.58. The first-order valence-electron chi connectivity index (χ1n) is 5.40. The van der Waals surface area contributed by atoms with Gasteiger partial charge in [-0.1, -0.05) is 0 Å². The SMILES string of the molecule is Cc1ccc(C2CC2CCN(O)C(N)=O)s1. The molecule has 1 saturated carbocycles. The van der Waals surface area contributed by atoms with Crippen LogP contribution in [0.15, 0.2) is 12.1 Å². The van der Waals surface area contributed by atoms with Crippen LogP contribution in [0.1, 0.15) is 28.5 Å². The number of rotatable bonds is 4. The summed E-state index contributed by atoms with van der Waals surface area (Å²) in [7, 11) is 0. The average Bonchev–Trinajstić information content (AvgIpc) is 2.89. The van der Waals surface area contributed by atoms with Gasteiger partial charge in [0.2, 0.25) is 0 Å². The molecule has 0 bridgehead atoms. The zero-order valence-corrected chi connectivity index (χ0v) is 10.0. The van der Waals surface area contributed by atoms with E-state index in [1.165, 1.54) is 9.75 Å². The molecule has 1 aromatic heterocycles. The summed E-state index contributed by atoms with van der Waals surface area (Å²) in [5.41, 5.74) is 4.93. The summed E-state index contributed by atoms with van der Waals surface area (Å²) in [6.45, 7) is 2.44. The van der Waals surface area contributed by atoms with Crippen molar-refractivity contribution < 1.29 is 10.0 Å². The van der Waals surface area contributed by atoms with Gasteiger partial charge in [-0.25, -0.2) is 9.86 Å². The molecule has 0 aliphatic heterocycles. The fourth-order valence-electron chi connectivity index (χ4n) is 1.97. The lowest BCUT2D eigenvalue weighted by molar-refractivity contribution is -0.0410. The predicted octanol–water partition coefficient (Wildman–Crippen LogP) is 2.32. The van der Waals surface area contributed by atoms with E-state index in [0.29, 0.717) is 23.4 Å². The number of carbonyl (C=O) groups excluding carboxylic acids is 1. The molecule has 1 fully saturated rings. The highest BCUT2D eigenvalue weighted by Gasteiger charge is 2.38. The Bertz CT molecular complexity index is 391. The molecule has 1 heterocycles. The molecule has 5 heteroatoms. The van der Waals surface area contributed by atoms with Crippen LogP contribution in [0.2, 0.25) is 0 Å². The van der Waals surface area contributed by atoms with Gasteiger partial charge in [0.15, 0.2) is 0 Å². The van der Waals surface area contributed by atoms with Crippen LogP contribution >= 0.6 is 11.3 Å². The van der Waals surface area contributed by atoms with Gasteiger partial charge in [-0.05, 0) is 43.7 Å². The number of nitrogens with zero attached hydrogens (tertiary/aromatic N) is 1. The molecule has 0 radical (unpaired) electrons. The number of carbonyl (C=O) groups is 1. The summed E-state index contributed by atoms with van der Waals surface area (Å²) in [6.07, 6.45) is 1.98. The Hall–Kier alpha value is -1.07. The van der Waals surface area contributed by atoms with E-state index in [1.807, 2.05) is 11.3 Å². The van der Waals surface area contributed by atoms with E-state index in [-0.39, 0.29) is 0 Å². The van der Waals surface area contributed by atoms with Gasteiger partial charge in [0.25, 0.3) is 0 Å². The lowest BCUT2D eigenvalue weighted by Crippen LogP contribution is -2.33. The second-order valence-corrected chi connectivity index (χ2v) is 5.62. The normalized spacial score (nSPS) is 23.1. The molecule has 1 aliphatic carbocycles. The Kier molecular flexibility index (Phi) is 3.16. The maximum absolute atomic E-state index is 10.6. The number of urea groups is 1. The van der Waals surface area contributed by atoms with Crippen molar-refractivity contribution in [2.75, 3.05) is 6.54 Å². The number of thiophene rings is 1. The van der Waals surface area contributed by atoms with Crippen LogP contribution in [0, 0.1) is 12.8 Å². The summed E-state index contributed by atoms with van der Waals surface area (Å²) in [4.78, 5) is 13.3. The Morgan fingerprint density at radius 3 is 3.00 bits per heavy atom. The zero-order chi connectivity index (χ0) is 11.7. The molecule has 0 saturated heterocycles.